The van der Waals surface area contributed by atoms with Gasteiger partial charge in [0.1, 0.15) is 5.70 Å². The first-order valence-electron chi connectivity index (χ1n) is 3.28. The van der Waals surface area contributed by atoms with Crippen LogP contribution in [0.1, 0.15) is 6.92 Å². The summed E-state index contributed by atoms with van der Waals surface area (Å²) in [4.78, 5) is 20.9. The molecule has 0 aromatic carbocycles. The lowest BCUT2D eigenvalue weighted by Crippen LogP contribution is -2.25. The maximum Gasteiger partial charge on any atom is 0.352 e. The van der Waals surface area contributed by atoms with Crippen molar-refractivity contribution in [1.82, 2.24) is 5.32 Å². The zero-order valence-corrected chi connectivity index (χ0v) is 6.96. The van der Waals surface area contributed by atoms with E-state index in [1.807, 2.05) is 0 Å². The molecular weight excluding hydrogens is 162 g/mol. The number of carboxylic acid groups (broad SMARTS) is 1. The summed E-state index contributed by atoms with van der Waals surface area (Å²) in [5, 5.41) is 10.7. The second kappa shape index (κ2) is 5.31. The van der Waals surface area contributed by atoms with Gasteiger partial charge in [0.15, 0.2) is 0 Å². The highest BCUT2D eigenvalue weighted by molar-refractivity contribution is 5.91. The van der Waals surface area contributed by atoms with Gasteiger partial charge < -0.3 is 15.2 Å². The SMILES string of the molecule is COC/C=C(/NC(C)=O)C(=O)O. The van der Waals surface area contributed by atoms with Crippen LogP contribution in [-0.4, -0.2) is 30.7 Å². The molecule has 0 aromatic rings. The smallest absolute Gasteiger partial charge is 0.352 e. The summed E-state index contributed by atoms with van der Waals surface area (Å²) in [6.45, 7) is 1.39. The highest BCUT2D eigenvalue weighted by Gasteiger charge is 2.06. The van der Waals surface area contributed by atoms with E-state index in [0.717, 1.165) is 0 Å². The fourth-order valence-corrected chi connectivity index (χ4v) is 0.548. The number of carboxylic acids is 1. The van der Waals surface area contributed by atoms with Gasteiger partial charge in [-0.15, -0.1) is 0 Å². The summed E-state index contributed by atoms with van der Waals surface area (Å²) in [7, 11) is 1.43. The number of hydrogen-bond acceptors (Lipinski definition) is 3. The van der Waals surface area contributed by atoms with Crippen molar-refractivity contribution in [3.8, 4) is 0 Å². The largest absolute Gasteiger partial charge is 0.477 e. The van der Waals surface area contributed by atoms with Gasteiger partial charge in [-0.3, -0.25) is 4.79 Å². The summed E-state index contributed by atoms with van der Waals surface area (Å²) >= 11 is 0. The normalized spacial score (nSPS) is 11.0. The van der Waals surface area contributed by atoms with Gasteiger partial charge in [0, 0.05) is 14.0 Å². The maximum absolute atomic E-state index is 10.5. The quantitative estimate of drug-likeness (QED) is 0.574. The van der Waals surface area contributed by atoms with E-state index in [2.05, 4.69) is 10.1 Å². The van der Waals surface area contributed by atoms with Gasteiger partial charge in [-0.05, 0) is 6.08 Å². The van der Waals surface area contributed by atoms with E-state index in [9.17, 15) is 9.59 Å². The van der Waals surface area contributed by atoms with Crippen molar-refractivity contribution < 1.29 is 19.4 Å². The molecule has 0 aliphatic rings. The molecule has 5 nitrogen and oxygen atoms in total. The summed E-state index contributed by atoms with van der Waals surface area (Å²) in [6.07, 6.45) is 1.28. The van der Waals surface area contributed by atoms with Crippen LogP contribution in [0.4, 0.5) is 0 Å². The Balaban J connectivity index is 4.22. The summed E-state index contributed by atoms with van der Waals surface area (Å²) in [6, 6.07) is 0. The molecule has 0 radical (unpaired) electrons. The Morgan fingerprint density at radius 3 is 2.50 bits per heavy atom. The van der Waals surface area contributed by atoms with Crippen molar-refractivity contribution in [2.75, 3.05) is 13.7 Å². The number of methoxy groups -OCH3 is 1. The van der Waals surface area contributed by atoms with E-state index in [-0.39, 0.29) is 12.3 Å². The molecule has 0 heterocycles. The molecule has 68 valence electrons. The lowest BCUT2D eigenvalue weighted by atomic mass is 10.4. The second-order valence-corrected chi connectivity index (χ2v) is 2.06. The molecule has 0 rings (SSSR count). The number of carbonyl (C=O) groups is 2. The van der Waals surface area contributed by atoms with Crippen molar-refractivity contribution in [3.63, 3.8) is 0 Å². The van der Waals surface area contributed by atoms with Crippen LogP contribution in [-0.2, 0) is 14.3 Å². The van der Waals surface area contributed by atoms with Crippen LogP contribution in [0.2, 0.25) is 0 Å². The second-order valence-electron chi connectivity index (χ2n) is 2.06. The molecule has 0 saturated heterocycles. The molecule has 0 saturated carbocycles. The molecule has 0 spiro atoms. The van der Waals surface area contributed by atoms with Crippen molar-refractivity contribution >= 4 is 11.9 Å². The van der Waals surface area contributed by atoms with E-state index in [1.54, 1.807) is 0 Å². The molecule has 0 atom stereocenters. The topological polar surface area (TPSA) is 75.6 Å². The minimum Gasteiger partial charge on any atom is -0.477 e. The average molecular weight is 173 g/mol. The zero-order chi connectivity index (χ0) is 9.56. The number of carbonyl (C=O) groups excluding carboxylic acids is 1. The number of nitrogens with one attached hydrogen (secondary N) is 1. The Morgan fingerprint density at radius 1 is 1.58 bits per heavy atom. The molecule has 2 N–H and O–H groups in total. The first-order valence-corrected chi connectivity index (χ1v) is 3.28. The molecule has 0 unspecified atom stereocenters. The molecular formula is C7H11NO4. The van der Waals surface area contributed by atoms with Gasteiger partial charge in [-0.2, -0.15) is 0 Å². The Morgan fingerprint density at radius 2 is 2.17 bits per heavy atom. The highest BCUT2D eigenvalue weighted by atomic mass is 16.5. The lowest BCUT2D eigenvalue weighted by Gasteiger charge is -2.01. The Hall–Kier alpha value is -1.36. The van der Waals surface area contributed by atoms with Crippen LogP contribution in [0.5, 0.6) is 0 Å². The van der Waals surface area contributed by atoms with Gasteiger partial charge in [0.2, 0.25) is 5.91 Å². The van der Waals surface area contributed by atoms with Crippen LogP contribution in [0.15, 0.2) is 11.8 Å². The third-order valence-corrected chi connectivity index (χ3v) is 0.995. The highest BCUT2D eigenvalue weighted by Crippen LogP contribution is 1.89. The number of amides is 1. The maximum atomic E-state index is 10.5. The summed E-state index contributed by atoms with van der Waals surface area (Å²) in [5.41, 5.74) is -0.163. The van der Waals surface area contributed by atoms with E-state index < -0.39 is 11.9 Å². The minimum atomic E-state index is -1.18. The summed E-state index contributed by atoms with van der Waals surface area (Å²) < 4.78 is 4.61. The van der Waals surface area contributed by atoms with Crippen LogP contribution in [0.25, 0.3) is 0 Å². The van der Waals surface area contributed by atoms with E-state index >= 15 is 0 Å². The van der Waals surface area contributed by atoms with Crippen molar-refractivity contribution in [2.24, 2.45) is 0 Å². The number of aliphatic carboxylic acids is 1. The zero-order valence-electron chi connectivity index (χ0n) is 6.96. The van der Waals surface area contributed by atoms with Gasteiger partial charge in [-0.1, -0.05) is 0 Å². The Labute approximate surface area is 70.0 Å². The fraction of sp³-hybridized carbons (Fsp3) is 0.429. The van der Waals surface area contributed by atoms with Crippen molar-refractivity contribution in [1.29, 1.82) is 0 Å². The molecule has 0 aliphatic carbocycles. The predicted molar refractivity (Wildman–Crippen MR) is 41.4 cm³/mol. The first kappa shape index (κ1) is 10.6. The van der Waals surface area contributed by atoms with Crippen LogP contribution in [0.3, 0.4) is 0 Å². The fourth-order valence-electron chi connectivity index (χ4n) is 0.548. The van der Waals surface area contributed by atoms with E-state index in [4.69, 9.17) is 5.11 Å². The molecule has 0 aliphatic heterocycles. The third kappa shape index (κ3) is 4.45. The number of hydrogen-bond donors (Lipinski definition) is 2. The van der Waals surface area contributed by atoms with E-state index in [0.29, 0.717) is 0 Å². The number of ether oxygens (including phenoxy) is 1. The molecule has 5 heteroatoms. The Kier molecular flexibility index (Phi) is 4.71. The molecule has 0 bridgehead atoms. The van der Waals surface area contributed by atoms with Gasteiger partial charge in [0.25, 0.3) is 0 Å². The van der Waals surface area contributed by atoms with Crippen molar-refractivity contribution in [3.05, 3.63) is 11.8 Å². The van der Waals surface area contributed by atoms with E-state index in [1.165, 1.54) is 20.1 Å². The standard InChI is InChI=1S/C7H11NO4/c1-5(9)8-6(7(10)11)3-4-12-2/h3H,4H2,1-2H3,(H,8,9)(H,10,11)/b6-3+. The molecule has 0 aromatic heterocycles. The predicted octanol–water partition coefficient (Wildman–Crippen LogP) is -0.263. The van der Waals surface area contributed by atoms with Crippen LogP contribution < -0.4 is 5.32 Å². The first-order chi connectivity index (χ1) is 5.57. The lowest BCUT2D eigenvalue weighted by molar-refractivity contribution is -0.134. The average Bonchev–Trinajstić information content (AvgIpc) is 1.96. The number of rotatable bonds is 4. The molecule has 0 fully saturated rings. The van der Waals surface area contributed by atoms with Gasteiger partial charge >= 0.3 is 5.97 Å². The summed E-state index contributed by atoms with van der Waals surface area (Å²) in [5.74, 6) is -1.60. The van der Waals surface area contributed by atoms with Crippen LogP contribution in [0, 0.1) is 0 Å². The van der Waals surface area contributed by atoms with Gasteiger partial charge in [-0.25, -0.2) is 4.79 Å². The molecule has 12 heavy (non-hydrogen) atoms. The van der Waals surface area contributed by atoms with Gasteiger partial charge in [0.05, 0.1) is 6.61 Å². The van der Waals surface area contributed by atoms with Crippen LogP contribution >= 0.6 is 0 Å². The van der Waals surface area contributed by atoms with Crippen molar-refractivity contribution in [2.45, 2.75) is 6.92 Å². The monoisotopic (exact) mass is 173 g/mol. The minimum absolute atomic E-state index is 0.155. The third-order valence-electron chi connectivity index (χ3n) is 0.995. The Bertz CT molecular complexity index is 209. The molecule has 1 amide bonds.